The summed E-state index contributed by atoms with van der Waals surface area (Å²) in [5.41, 5.74) is 6.65. The molecule has 1 aliphatic rings. The molecule has 164 valence electrons. The Kier molecular flexibility index (Phi) is 4.66. The number of aliphatic hydroxyl groups excluding tert-OH is 1. The van der Waals surface area contributed by atoms with Gasteiger partial charge >= 0.3 is 0 Å². The van der Waals surface area contributed by atoms with E-state index in [9.17, 15) is 5.11 Å². The van der Waals surface area contributed by atoms with Gasteiger partial charge in [-0.25, -0.2) is 19.5 Å². The molecule has 0 amide bonds. The Bertz CT molecular complexity index is 1410. The van der Waals surface area contributed by atoms with Crippen LogP contribution in [0.1, 0.15) is 45.9 Å². The number of aliphatic hydroxyl groups is 1. The second kappa shape index (κ2) is 7.83. The highest BCUT2D eigenvalue weighted by atomic mass is 16.3. The molecule has 0 saturated carbocycles. The maximum Gasteiger partial charge on any atom is 0.226 e. The normalized spacial score (nSPS) is 16.7. The maximum atomic E-state index is 10.7. The number of hydrogen-bond donors (Lipinski definition) is 2. The number of aromatic nitrogens is 6. The molecule has 8 heteroatoms. The molecule has 2 atom stereocenters. The lowest BCUT2D eigenvalue weighted by Gasteiger charge is -2.34. The second-order valence-corrected chi connectivity index (χ2v) is 8.33. The Labute approximate surface area is 190 Å². The van der Waals surface area contributed by atoms with Crippen LogP contribution in [0.3, 0.4) is 0 Å². The van der Waals surface area contributed by atoms with Gasteiger partial charge in [0.05, 0.1) is 23.2 Å². The summed E-state index contributed by atoms with van der Waals surface area (Å²) in [5, 5.41) is 15.6. The second-order valence-electron chi connectivity index (χ2n) is 8.33. The van der Waals surface area contributed by atoms with Gasteiger partial charge in [0.15, 0.2) is 0 Å². The molecule has 5 heterocycles. The topological polar surface area (TPSA) is 95.2 Å². The monoisotopic (exact) mass is 437 g/mol. The molecule has 4 aromatic heterocycles. The van der Waals surface area contributed by atoms with Crippen LogP contribution in [0.15, 0.2) is 73.4 Å². The highest BCUT2D eigenvalue weighted by molar-refractivity contribution is 5.57. The average Bonchev–Trinajstić information content (AvgIpc) is 3.51. The molecule has 0 unspecified atom stereocenters. The predicted molar refractivity (Wildman–Crippen MR) is 124 cm³/mol. The number of aromatic amines is 1. The third kappa shape index (κ3) is 3.35. The lowest BCUT2D eigenvalue weighted by Crippen LogP contribution is -2.37. The molecule has 8 nitrogen and oxygen atoms in total. The zero-order valence-corrected chi connectivity index (χ0v) is 18.1. The molecule has 5 aromatic rings. The smallest absolute Gasteiger partial charge is 0.226 e. The van der Waals surface area contributed by atoms with Gasteiger partial charge in [-0.1, -0.05) is 36.4 Å². The van der Waals surface area contributed by atoms with Crippen LogP contribution >= 0.6 is 0 Å². The quantitative estimate of drug-likeness (QED) is 0.448. The summed E-state index contributed by atoms with van der Waals surface area (Å²) in [7, 11) is 0. The maximum absolute atomic E-state index is 10.7. The van der Waals surface area contributed by atoms with Crippen molar-refractivity contribution in [3.63, 3.8) is 0 Å². The van der Waals surface area contributed by atoms with Crippen molar-refractivity contribution >= 4 is 11.5 Å². The number of H-pyrrole nitrogens is 1. The van der Waals surface area contributed by atoms with Crippen molar-refractivity contribution in [3.05, 3.63) is 107 Å². The van der Waals surface area contributed by atoms with Gasteiger partial charge in [0.25, 0.3) is 0 Å². The van der Waals surface area contributed by atoms with E-state index in [-0.39, 0.29) is 6.04 Å². The number of anilines is 1. The fraction of sp³-hybridized carbons (Fsp3) is 0.200. The SMILES string of the molecule is Cc1cccn2nc([C@@H]3c4nc[nH]c4CCN3c3ncc([C@H](O)c4ccccc4)cn3)cc12. The summed E-state index contributed by atoms with van der Waals surface area (Å²) < 4.78 is 1.91. The average molecular weight is 438 g/mol. The Morgan fingerprint density at radius 1 is 1.03 bits per heavy atom. The fourth-order valence-corrected chi connectivity index (χ4v) is 4.55. The van der Waals surface area contributed by atoms with Crippen LogP contribution < -0.4 is 4.90 Å². The molecule has 6 rings (SSSR count). The van der Waals surface area contributed by atoms with Gasteiger partial charge in [0, 0.05) is 42.8 Å². The predicted octanol–water partition coefficient (Wildman–Crippen LogP) is 3.39. The number of nitrogens with one attached hydrogen (secondary N) is 1. The van der Waals surface area contributed by atoms with E-state index in [4.69, 9.17) is 5.10 Å². The first kappa shape index (κ1) is 19.6. The summed E-state index contributed by atoms with van der Waals surface area (Å²) in [6.45, 7) is 2.81. The van der Waals surface area contributed by atoms with Crippen molar-refractivity contribution in [3.8, 4) is 0 Å². The van der Waals surface area contributed by atoms with Crippen molar-refractivity contribution < 1.29 is 5.11 Å². The van der Waals surface area contributed by atoms with E-state index in [1.54, 1.807) is 18.7 Å². The molecule has 0 spiro atoms. The van der Waals surface area contributed by atoms with Crippen LogP contribution in [0.5, 0.6) is 0 Å². The standard InChI is InChI=1S/C25H23N7O/c1-16-6-5-10-32-21(16)12-20(30-32)23-22-19(28-15-29-22)9-11-31(23)25-26-13-18(14-27-25)24(33)17-7-3-2-4-8-17/h2-8,10,12-15,23-24,33H,9,11H2,1H3,(H,28,29)/t23-,24-/m1/s1. The van der Waals surface area contributed by atoms with Crippen LogP contribution in [0, 0.1) is 6.92 Å². The van der Waals surface area contributed by atoms with Gasteiger partial charge in [-0.05, 0) is 30.2 Å². The van der Waals surface area contributed by atoms with Crippen LogP contribution in [-0.2, 0) is 6.42 Å². The van der Waals surface area contributed by atoms with E-state index in [2.05, 4.69) is 43.9 Å². The van der Waals surface area contributed by atoms with E-state index in [0.29, 0.717) is 11.5 Å². The molecule has 1 aliphatic heterocycles. The Morgan fingerprint density at radius 2 is 1.85 bits per heavy atom. The third-order valence-electron chi connectivity index (χ3n) is 6.28. The minimum Gasteiger partial charge on any atom is -0.384 e. The van der Waals surface area contributed by atoms with E-state index < -0.39 is 6.10 Å². The first-order valence-corrected chi connectivity index (χ1v) is 11.0. The molecule has 0 saturated heterocycles. The summed E-state index contributed by atoms with van der Waals surface area (Å²) in [5.74, 6) is 0.589. The van der Waals surface area contributed by atoms with Crippen LogP contribution in [0.4, 0.5) is 5.95 Å². The van der Waals surface area contributed by atoms with Gasteiger partial charge in [0.2, 0.25) is 5.95 Å². The molecule has 2 N–H and O–H groups in total. The summed E-state index contributed by atoms with van der Waals surface area (Å²) in [6.07, 6.45) is 7.14. The zero-order chi connectivity index (χ0) is 22.4. The fourth-order valence-electron chi connectivity index (χ4n) is 4.55. The summed E-state index contributed by atoms with van der Waals surface area (Å²) in [6, 6.07) is 15.5. The van der Waals surface area contributed by atoms with Crippen molar-refractivity contribution in [2.75, 3.05) is 11.4 Å². The number of fused-ring (bicyclic) bond motifs is 2. The minimum atomic E-state index is -0.767. The van der Waals surface area contributed by atoms with Crippen molar-refractivity contribution in [1.82, 2.24) is 29.5 Å². The molecular weight excluding hydrogens is 414 g/mol. The number of pyridine rings is 1. The summed E-state index contributed by atoms with van der Waals surface area (Å²) >= 11 is 0. The van der Waals surface area contributed by atoms with E-state index in [1.807, 2.05) is 47.1 Å². The van der Waals surface area contributed by atoms with Crippen molar-refractivity contribution in [2.24, 2.45) is 0 Å². The van der Waals surface area contributed by atoms with Crippen LogP contribution in [0.25, 0.3) is 5.52 Å². The van der Waals surface area contributed by atoms with Gasteiger partial charge in [-0.15, -0.1) is 0 Å². The molecule has 0 radical (unpaired) electrons. The molecule has 1 aromatic carbocycles. The van der Waals surface area contributed by atoms with E-state index >= 15 is 0 Å². The number of benzene rings is 1. The molecule has 0 fully saturated rings. The molecular formula is C25H23N7O. The number of nitrogens with zero attached hydrogens (tertiary/aromatic N) is 6. The molecule has 0 aliphatic carbocycles. The lowest BCUT2D eigenvalue weighted by atomic mass is 10.00. The number of rotatable bonds is 4. The Balaban J connectivity index is 1.38. The highest BCUT2D eigenvalue weighted by Crippen LogP contribution is 2.35. The van der Waals surface area contributed by atoms with E-state index in [0.717, 1.165) is 46.7 Å². The van der Waals surface area contributed by atoms with Crippen molar-refractivity contribution in [1.29, 1.82) is 0 Å². The van der Waals surface area contributed by atoms with Gasteiger partial charge in [0.1, 0.15) is 12.1 Å². The number of imidazole rings is 1. The Hall–Kier alpha value is -4.04. The molecule has 33 heavy (non-hydrogen) atoms. The highest BCUT2D eigenvalue weighted by Gasteiger charge is 2.34. The minimum absolute atomic E-state index is 0.204. The van der Waals surface area contributed by atoms with Crippen molar-refractivity contribution in [2.45, 2.75) is 25.5 Å². The van der Waals surface area contributed by atoms with Gasteiger partial charge in [-0.3, -0.25) is 0 Å². The summed E-state index contributed by atoms with van der Waals surface area (Å²) in [4.78, 5) is 19.3. The Morgan fingerprint density at radius 3 is 2.64 bits per heavy atom. The third-order valence-corrected chi connectivity index (χ3v) is 6.28. The van der Waals surface area contributed by atoms with Gasteiger partial charge < -0.3 is 15.0 Å². The van der Waals surface area contributed by atoms with Crippen LogP contribution in [0.2, 0.25) is 0 Å². The largest absolute Gasteiger partial charge is 0.384 e. The van der Waals surface area contributed by atoms with E-state index in [1.165, 1.54) is 0 Å². The lowest BCUT2D eigenvalue weighted by molar-refractivity contribution is 0.219. The first-order valence-electron chi connectivity index (χ1n) is 11.0. The number of hydrogen-bond acceptors (Lipinski definition) is 6. The molecule has 0 bridgehead atoms. The van der Waals surface area contributed by atoms with Gasteiger partial charge in [-0.2, -0.15) is 5.10 Å². The first-order chi connectivity index (χ1) is 16.2. The van der Waals surface area contributed by atoms with Crippen LogP contribution in [-0.4, -0.2) is 41.2 Å². The zero-order valence-electron chi connectivity index (χ0n) is 18.1. The number of aryl methyl sites for hydroxylation is 1.